The zero-order valence-corrected chi connectivity index (χ0v) is 31.2. The Hall–Kier alpha value is -2.23. The van der Waals surface area contributed by atoms with Crippen molar-refractivity contribution in [2.24, 2.45) is 0 Å². The maximum absolute atomic E-state index is 3.58. The van der Waals surface area contributed by atoms with Gasteiger partial charge in [0.1, 0.15) is 0 Å². The lowest BCUT2D eigenvalue weighted by molar-refractivity contribution is 1.17. The molecule has 0 bridgehead atoms. The van der Waals surface area contributed by atoms with Gasteiger partial charge in [0, 0.05) is 37.9 Å². The SMILES string of the molecule is Brc1cc(Br)cc(-n2c3ccccc3c3ccccc32)c1.Brc1cc(Br)cc(I)c1.c1ccc2c(c1)Cc1ccccc1-2. The van der Waals surface area contributed by atoms with E-state index in [2.05, 4.69) is 218 Å². The Kier molecular flexibility index (Phi) is 9.89. The summed E-state index contributed by atoms with van der Waals surface area (Å²) in [6.45, 7) is 0. The average molecular weight is 929 g/mol. The fraction of sp³-hybridized carbons (Fsp3) is 0.0270. The van der Waals surface area contributed by atoms with Crippen LogP contribution in [0.1, 0.15) is 11.1 Å². The lowest BCUT2D eigenvalue weighted by Gasteiger charge is -2.09. The zero-order chi connectivity index (χ0) is 29.9. The van der Waals surface area contributed by atoms with Gasteiger partial charge in [-0.15, -0.1) is 0 Å². The molecule has 0 unspecified atom stereocenters. The molecule has 0 spiro atoms. The Labute approximate surface area is 299 Å². The third kappa shape index (κ3) is 7.04. The highest BCUT2D eigenvalue weighted by molar-refractivity contribution is 14.1. The Balaban J connectivity index is 0.000000127. The Bertz CT molecular complexity index is 1910. The molecule has 7 aromatic rings. The topological polar surface area (TPSA) is 4.93 Å². The Morgan fingerprint density at radius 3 is 1.33 bits per heavy atom. The van der Waals surface area contributed by atoms with Gasteiger partial charge in [0.05, 0.1) is 11.0 Å². The fourth-order valence-electron chi connectivity index (χ4n) is 5.47. The molecule has 43 heavy (non-hydrogen) atoms. The molecule has 0 fully saturated rings. The summed E-state index contributed by atoms with van der Waals surface area (Å²) in [7, 11) is 0. The maximum Gasteiger partial charge on any atom is 0.0541 e. The minimum Gasteiger partial charge on any atom is -0.309 e. The summed E-state index contributed by atoms with van der Waals surface area (Å²) in [5.74, 6) is 0. The number of hydrogen-bond acceptors (Lipinski definition) is 0. The molecule has 8 rings (SSSR count). The quantitative estimate of drug-likeness (QED) is 0.145. The first-order chi connectivity index (χ1) is 20.9. The van der Waals surface area contributed by atoms with Gasteiger partial charge in [-0.05, 0) is 99.8 Å². The number of halogens is 5. The molecule has 1 nitrogen and oxygen atoms in total. The van der Waals surface area contributed by atoms with Crippen molar-refractivity contribution >= 4 is 108 Å². The van der Waals surface area contributed by atoms with Crippen LogP contribution in [0.5, 0.6) is 0 Å². The molecule has 0 atom stereocenters. The van der Waals surface area contributed by atoms with E-state index < -0.39 is 0 Å². The van der Waals surface area contributed by atoms with Crippen molar-refractivity contribution in [1.29, 1.82) is 0 Å². The highest BCUT2D eigenvalue weighted by Gasteiger charge is 2.16. The van der Waals surface area contributed by atoms with E-state index in [0.717, 1.165) is 30.0 Å². The number of para-hydroxylation sites is 2. The maximum atomic E-state index is 3.58. The smallest absolute Gasteiger partial charge is 0.0541 e. The third-order valence-corrected chi connectivity index (χ3v) is 9.67. The van der Waals surface area contributed by atoms with Gasteiger partial charge >= 0.3 is 0 Å². The first-order valence-electron chi connectivity index (χ1n) is 13.6. The van der Waals surface area contributed by atoms with Crippen molar-refractivity contribution in [3.8, 4) is 16.8 Å². The van der Waals surface area contributed by atoms with Gasteiger partial charge < -0.3 is 4.57 Å². The molecular formula is C37H24Br4IN. The van der Waals surface area contributed by atoms with E-state index in [1.165, 1.54) is 47.6 Å². The molecule has 0 saturated heterocycles. The van der Waals surface area contributed by atoms with E-state index >= 15 is 0 Å². The summed E-state index contributed by atoms with van der Waals surface area (Å²) in [6.07, 6.45) is 1.10. The second-order valence-corrected chi connectivity index (χ2v) is 15.0. The van der Waals surface area contributed by atoms with Crippen LogP contribution < -0.4 is 0 Å². The van der Waals surface area contributed by atoms with Crippen molar-refractivity contribution in [3.05, 3.63) is 166 Å². The van der Waals surface area contributed by atoms with Gasteiger partial charge in [-0.3, -0.25) is 0 Å². The molecule has 6 heteroatoms. The van der Waals surface area contributed by atoms with Crippen molar-refractivity contribution in [1.82, 2.24) is 4.57 Å². The summed E-state index contributed by atoms with van der Waals surface area (Å²) >= 11 is 16.2. The molecule has 212 valence electrons. The molecule has 0 N–H and O–H groups in total. The minimum atomic E-state index is 1.06. The fourth-order valence-corrected chi connectivity index (χ4v) is 9.56. The third-order valence-electron chi connectivity index (χ3n) is 7.22. The first kappa shape index (κ1) is 30.8. The summed E-state index contributed by atoms with van der Waals surface area (Å²) in [5.41, 5.74) is 9.35. The lowest BCUT2D eigenvalue weighted by Crippen LogP contribution is -1.93. The van der Waals surface area contributed by atoms with E-state index in [4.69, 9.17) is 0 Å². The number of aromatic nitrogens is 1. The molecule has 1 aliphatic carbocycles. The van der Waals surface area contributed by atoms with Gasteiger partial charge in [0.25, 0.3) is 0 Å². The molecule has 1 aromatic heterocycles. The number of benzene rings is 6. The van der Waals surface area contributed by atoms with Crippen LogP contribution in [0.25, 0.3) is 38.6 Å². The molecule has 0 radical (unpaired) electrons. The van der Waals surface area contributed by atoms with E-state index in [-0.39, 0.29) is 0 Å². The van der Waals surface area contributed by atoms with Crippen LogP contribution in [0, 0.1) is 3.57 Å². The van der Waals surface area contributed by atoms with Gasteiger partial charge in [-0.25, -0.2) is 0 Å². The van der Waals surface area contributed by atoms with Crippen LogP contribution in [-0.4, -0.2) is 4.57 Å². The van der Waals surface area contributed by atoms with Crippen LogP contribution >= 0.6 is 86.3 Å². The Morgan fingerprint density at radius 1 is 0.465 bits per heavy atom. The van der Waals surface area contributed by atoms with Crippen LogP contribution in [0.3, 0.4) is 0 Å². The van der Waals surface area contributed by atoms with E-state index in [1.807, 2.05) is 6.07 Å². The van der Waals surface area contributed by atoms with Crippen molar-refractivity contribution < 1.29 is 0 Å². The molecule has 6 aromatic carbocycles. The van der Waals surface area contributed by atoms with Gasteiger partial charge in [-0.2, -0.15) is 0 Å². The summed E-state index contributed by atoms with van der Waals surface area (Å²) in [4.78, 5) is 0. The first-order valence-corrected chi connectivity index (χ1v) is 17.8. The second-order valence-electron chi connectivity index (χ2n) is 10.1. The lowest BCUT2D eigenvalue weighted by atomic mass is 10.1. The van der Waals surface area contributed by atoms with Crippen molar-refractivity contribution in [2.45, 2.75) is 6.42 Å². The number of nitrogens with zero attached hydrogens (tertiary/aromatic N) is 1. The zero-order valence-electron chi connectivity index (χ0n) is 22.7. The van der Waals surface area contributed by atoms with E-state index in [9.17, 15) is 0 Å². The van der Waals surface area contributed by atoms with Crippen LogP contribution in [0.15, 0.2) is 151 Å². The van der Waals surface area contributed by atoms with Crippen molar-refractivity contribution in [3.63, 3.8) is 0 Å². The molecule has 1 heterocycles. The summed E-state index contributed by atoms with van der Waals surface area (Å²) < 4.78 is 7.89. The molecule has 0 aliphatic heterocycles. The predicted molar refractivity (Wildman–Crippen MR) is 205 cm³/mol. The number of rotatable bonds is 1. The standard InChI is InChI=1S/C18H11Br2N.C13H10.C6H3Br2I/c19-12-9-13(20)11-14(10-12)21-17-7-3-1-5-15(17)16-6-2-4-8-18(16)21;1-3-7-12-10(5-1)9-11-6-2-4-8-13(11)12;7-4-1-5(8)3-6(9)2-4/h1-11H;1-8H,9H2;1-3H. The number of hydrogen-bond donors (Lipinski definition) is 0. The minimum absolute atomic E-state index is 1.06. The normalized spacial score (nSPS) is 11.3. The second kappa shape index (κ2) is 13.8. The molecular weight excluding hydrogens is 905 g/mol. The van der Waals surface area contributed by atoms with Gasteiger partial charge in [-0.1, -0.05) is 149 Å². The van der Waals surface area contributed by atoms with Crippen molar-refractivity contribution in [2.75, 3.05) is 0 Å². The average Bonchev–Trinajstić information content (AvgIpc) is 3.53. The monoisotopic (exact) mass is 925 g/mol. The summed E-state index contributed by atoms with van der Waals surface area (Å²) in [5, 5.41) is 2.56. The highest BCUT2D eigenvalue weighted by Crippen LogP contribution is 2.36. The van der Waals surface area contributed by atoms with Crippen LogP contribution in [-0.2, 0) is 6.42 Å². The van der Waals surface area contributed by atoms with E-state index in [1.54, 1.807) is 0 Å². The van der Waals surface area contributed by atoms with Gasteiger partial charge in [0.2, 0.25) is 0 Å². The van der Waals surface area contributed by atoms with E-state index in [0.29, 0.717) is 0 Å². The largest absolute Gasteiger partial charge is 0.309 e. The number of fused-ring (bicyclic) bond motifs is 6. The predicted octanol–water partition coefficient (Wildman–Crippen LogP) is 13.4. The van der Waals surface area contributed by atoms with Crippen LogP contribution in [0.2, 0.25) is 0 Å². The Morgan fingerprint density at radius 2 is 0.860 bits per heavy atom. The highest BCUT2D eigenvalue weighted by atomic mass is 127. The molecule has 0 amide bonds. The van der Waals surface area contributed by atoms with Gasteiger partial charge in [0.15, 0.2) is 0 Å². The molecule has 0 saturated carbocycles. The molecule has 1 aliphatic rings. The summed E-state index contributed by atoms with van der Waals surface area (Å²) in [6, 6.07) is 46.9. The van der Waals surface area contributed by atoms with Crippen LogP contribution in [0.4, 0.5) is 0 Å².